The topological polar surface area (TPSA) is 45.2 Å². The summed E-state index contributed by atoms with van der Waals surface area (Å²) in [6.45, 7) is 5.88. The Kier molecular flexibility index (Phi) is 5.68. The van der Waals surface area contributed by atoms with Gasteiger partial charge >= 0.3 is 0 Å². The molecule has 1 fully saturated rings. The van der Waals surface area contributed by atoms with E-state index < -0.39 is 0 Å². The zero-order valence-corrected chi connectivity index (χ0v) is 16.4. The number of piperidine rings is 1. The van der Waals surface area contributed by atoms with Crippen LogP contribution in [0.5, 0.6) is 0 Å². The second-order valence-electron chi connectivity index (χ2n) is 7.66. The first-order valence-electron chi connectivity index (χ1n) is 10.1. The lowest BCUT2D eigenvalue weighted by molar-refractivity contribution is 0.0952. The zero-order chi connectivity index (χ0) is 19.3. The van der Waals surface area contributed by atoms with Gasteiger partial charge in [0.15, 0.2) is 0 Å². The number of likely N-dealkylation sites (tertiary alicyclic amines) is 1. The second kappa shape index (κ2) is 8.53. The fourth-order valence-corrected chi connectivity index (χ4v) is 3.91. The molecule has 2 aromatic carbocycles. The Balaban J connectivity index is 1.40. The molecule has 2 heterocycles. The number of pyridine rings is 1. The summed E-state index contributed by atoms with van der Waals surface area (Å²) in [5.74, 6) is -0.0564. The number of nitrogens with one attached hydrogen (secondary N) is 1. The number of fused-ring (bicyclic) bond motifs is 1. The number of rotatable bonds is 5. The molecule has 0 saturated carbocycles. The molecule has 0 radical (unpaired) electrons. The van der Waals surface area contributed by atoms with Crippen molar-refractivity contribution in [1.82, 2.24) is 15.2 Å². The highest BCUT2D eigenvalue weighted by atomic mass is 16.1. The fourth-order valence-electron chi connectivity index (χ4n) is 3.91. The van der Waals surface area contributed by atoms with Gasteiger partial charge in [0.1, 0.15) is 0 Å². The maximum absolute atomic E-state index is 12.8. The van der Waals surface area contributed by atoms with Gasteiger partial charge in [-0.25, -0.2) is 0 Å². The van der Waals surface area contributed by atoms with Gasteiger partial charge in [-0.1, -0.05) is 48.9 Å². The minimum Gasteiger partial charge on any atom is -0.348 e. The molecule has 0 atom stereocenters. The highest BCUT2D eigenvalue weighted by Gasteiger charge is 2.12. The smallest absolute Gasteiger partial charge is 0.252 e. The van der Waals surface area contributed by atoms with Gasteiger partial charge < -0.3 is 5.32 Å². The maximum Gasteiger partial charge on any atom is 0.252 e. The van der Waals surface area contributed by atoms with Crippen LogP contribution in [0, 0.1) is 6.92 Å². The molecule has 4 heteroatoms. The summed E-state index contributed by atoms with van der Waals surface area (Å²) in [6, 6.07) is 18.2. The number of aryl methyl sites for hydroxylation is 1. The van der Waals surface area contributed by atoms with E-state index in [9.17, 15) is 4.79 Å². The largest absolute Gasteiger partial charge is 0.348 e. The fraction of sp³-hybridized carbons (Fsp3) is 0.333. The van der Waals surface area contributed by atoms with Crippen molar-refractivity contribution in [1.29, 1.82) is 0 Å². The van der Waals surface area contributed by atoms with Crippen LogP contribution in [0.3, 0.4) is 0 Å². The summed E-state index contributed by atoms with van der Waals surface area (Å²) < 4.78 is 0. The summed E-state index contributed by atoms with van der Waals surface area (Å²) in [4.78, 5) is 19.8. The molecule has 4 rings (SSSR count). The second-order valence-corrected chi connectivity index (χ2v) is 7.66. The highest BCUT2D eigenvalue weighted by molar-refractivity contribution is 6.06. The third-order valence-electron chi connectivity index (χ3n) is 5.42. The number of hydrogen-bond acceptors (Lipinski definition) is 3. The molecule has 0 spiro atoms. The summed E-state index contributed by atoms with van der Waals surface area (Å²) in [5.41, 5.74) is 4.85. The van der Waals surface area contributed by atoms with E-state index in [1.807, 2.05) is 37.3 Å². The first-order valence-corrected chi connectivity index (χ1v) is 10.1. The summed E-state index contributed by atoms with van der Waals surface area (Å²) >= 11 is 0. The standard InChI is InChI=1S/C24H27N3O/c1-18-15-22(21-7-3-4-8-23(21)26-18)24(28)25-16-19-9-11-20(12-10-19)17-27-13-5-2-6-14-27/h3-4,7-12,15H,2,5-6,13-14,16-17H2,1H3,(H,25,28). The molecule has 1 aliphatic heterocycles. The van der Waals surface area contributed by atoms with Crippen molar-refractivity contribution >= 4 is 16.8 Å². The van der Waals surface area contributed by atoms with E-state index in [-0.39, 0.29) is 5.91 Å². The summed E-state index contributed by atoms with van der Waals surface area (Å²) in [7, 11) is 0. The number of hydrogen-bond donors (Lipinski definition) is 1. The average Bonchev–Trinajstić information content (AvgIpc) is 2.73. The molecule has 144 valence electrons. The van der Waals surface area contributed by atoms with Crippen LogP contribution in [0.25, 0.3) is 10.9 Å². The predicted molar refractivity (Wildman–Crippen MR) is 113 cm³/mol. The van der Waals surface area contributed by atoms with Gasteiger partial charge in [-0.3, -0.25) is 14.7 Å². The Bertz CT molecular complexity index is 959. The van der Waals surface area contributed by atoms with Gasteiger partial charge in [-0.2, -0.15) is 0 Å². The van der Waals surface area contributed by atoms with Crippen LogP contribution in [0.4, 0.5) is 0 Å². The van der Waals surface area contributed by atoms with Crippen LogP contribution in [0.2, 0.25) is 0 Å². The van der Waals surface area contributed by atoms with Gasteiger partial charge in [-0.15, -0.1) is 0 Å². The molecule has 1 amide bonds. The normalized spacial score (nSPS) is 14.9. The van der Waals surface area contributed by atoms with Gasteiger partial charge in [0, 0.05) is 24.2 Å². The van der Waals surface area contributed by atoms with E-state index in [1.54, 1.807) is 0 Å². The number of carbonyl (C=O) groups is 1. The third-order valence-corrected chi connectivity index (χ3v) is 5.42. The number of nitrogens with zero attached hydrogens (tertiary/aromatic N) is 2. The van der Waals surface area contributed by atoms with Crippen molar-refractivity contribution in [2.24, 2.45) is 0 Å². The number of aromatic nitrogens is 1. The first-order chi connectivity index (χ1) is 13.7. The van der Waals surface area contributed by atoms with Crippen molar-refractivity contribution in [3.05, 3.63) is 77.0 Å². The molecule has 4 nitrogen and oxygen atoms in total. The molecule has 0 aliphatic carbocycles. The lowest BCUT2D eigenvalue weighted by Crippen LogP contribution is -2.29. The Morgan fingerprint density at radius 1 is 1.00 bits per heavy atom. The van der Waals surface area contributed by atoms with E-state index >= 15 is 0 Å². The molecular formula is C24H27N3O. The number of amides is 1. The SMILES string of the molecule is Cc1cc(C(=O)NCc2ccc(CN3CCCCC3)cc2)c2ccccc2n1. The number of carbonyl (C=O) groups excluding carboxylic acids is 1. The van der Waals surface area contributed by atoms with E-state index in [0.717, 1.165) is 28.7 Å². The van der Waals surface area contributed by atoms with E-state index in [4.69, 9.17) is 0 Å². The lowest BCUT2D eigenvalue weighted by atomic mass is 10.1. The summed E-state index contributed by atoms with van der Waals surface area (Å²) in [6.07, 6.45) is 3.99. The maximum atomic E-state index is 12.8. The van der Waals surface area contributed by atoms with Crippen molar-refractivity contribution in [2.45, 2.75) is 39.3 Å². The van der Waals surface area contributed by atoms with Crippen molar-refractivity contribution < 1.29 is 4.79 Å². The molecule has 1 aromatic heterocycles. The predicted octanol–water partition coefficient (Wildman–Crippen LogP) is 4.46. The Morgan fingerprint density at radius 2 is 1.71 bits per heavy atom. The summed E-state index contributed by atoms with van der Waals surface area (Å²) in [5, 5.41) is 3.95. The van der Waals surface area contributed by atoms with Crippen LogP contribution in [0.1, 0.15) is 46.4 Å². The lowest BCUT2D eigenvalue weighted by Gasteiger charge is -2.26. The molecule has 0 bridgehead atoms. The molecule has 1 aliphatic rings. The van der Waals surface area contributed by atoms with E-state index in [0.29, 0.717) is 12.1 Å². The van der Waals surface area contributed by atoms with E-state index in [1.165, 1.54) is 37.9 Å². The molecule has 3 aromatic rings. The van der Waals surface area contributed by atoms with Gasteiger partial charge in [0.25, 0.3) is 5.91 Å². The minimum atomic E-state index is -0.0564. The van der Waals surface area contributed by atoms with Crippen LogP contribution in [0.15, 0.2) is 54.6 Å². The molecule has 0 unspecified atom stereocenters. The van der Waals surface area contributed by atoms with Crippen LogP contribution < -0.4 is 5.32 Å². The van der Waals surface area contributed by atoms with Crippen LogP contribution >= 0.6 is 0 Å². The molecular weight excluding hydrogens is 346 g/mol. The highest BCUT2D eigenvalue weighted by Crippen LogP contribution is 2.18. The van der Waals surface area contributed by atoms with Crippen molar-refractivity contribution in [2.75, 3.05) is 13.1 Å². The van der Waals surface area contributed by atoms with Gasteiger partial charge in [0.2, 0.25) is 0 Å². The molecule has 1 saturated heterocycles. The first kappa shape index (κ1) is 18.6. The molecule has 28 heavy (non-hydrogen) atoms. The Morgan fingerprint density at radius 3 is 2.50 bits per heavy atom. The minimum absolute atomic E-state index is 0.0564. The monoisotopic (exact) mass is 373 g/mol. The Labute approximate surface area is 166 Å². The molecule has 1 N–H and O–H groups in total. The van der Waals surface area contributed by atoms with Crippen LogP contribution in [-0.4, -0.2) is 28.9 Å². The Hall–Kier alpha value is -2.72. The quantitative estimate of drug-likeness (QED) is 0.718. The van der Waals surface area contributed by atoms with Gasteiger partial charge in [0.05, 0.1) is 11.1 Å². The number of benzene rings is 2. The van der Waals surface area contributed by atoms with Crippen molar-refractivity contribution in [3.63, 3.8) is 0 Å². The average molecular weight is 374 g/mol. The van der Waals surface area contributed by atoms with E-state index in [2.05, 4.69) is 39.5 Å². The van der Waals surface area contributed by atoms with Crippen LogP contribution in [-0.2, 0) is 13.1 Å². The third kappa shape index (κ3) is 4.39. The number of para-hydroxylation sites is 1. The zero-order valence-electron chi connectivity index (χ0n) is 16.4. The van der Waals surface area contributed by atoms with Gasteiger partial charge in [-0.05, 0) is 56.1 Å². The van der Waals surface area contributed by atoms with Crippen molar-refractivity contribution in [3.8, 4) is 0 Å².